The van der Waals surface area contributed by atoms with Crippen LogP contribution in [-0.4, -0.2) is 54.9 Å². The van der Waals surface area contributed by atoms with E-state index < -0.39 is 5.91 Å². The van der Waals surface area contributed by atoms with Crippen LogP contribution in [0.3, 0.4) is 0 Å². The molecule has 0 bridgehead atoms. The smallest absolute Gasteiger partial charge is 0.227 e. The number of aliphatic imine (C=N–C) groups is 2. The normalized spacial score (nSPS) is 11.4. The lowest BCUT2D eigenvalue weighted by atomic mass is 9.96. The molecule has 9 heteroatoms. The van der Waals surface area contributed by atoms with Crippen LogP contribution in [0.5, 0.6) is 11.5 Å². The number of amides is 1. The molecular formula is C19H23N5O3S. The van der Waals surface area contributed by atoms with Gasteiger partial charge >= 0.3 is 0 Å². The lowest BCUT2D eigenvalue weighted by Crippen LogP contribution is -2.14. The number of carbonyl (C=O) groups is 1. The number of phenolic OH excluding ortho intramolecular Hbond substituents is 1. The first-order valence-electron chi connectivity index (χ1n) is 8.47. The van der Waals surface area contributed by atoms with Crippen LogP contribution in [0.25, 0.3) is 11.1 Å². The maximum absolute atomic E-state index is 11.2. The Hall–Kier alpha value is -3.07. The summed E-state index contributed by atoms with van der Waals surface area (Å²) >= 11 is 1.18. The number of thioether (sulfide) groups is 1. The Bertz CT molecular complexity index is 928. The Morgan fingerprint density at radius 3 is 2.57 bits per heavy atom. The van der Waals surface area contributed by atoms with Crippen molar-refractivity contribution in [3.63, 3.8) is 0 Å². The van der Waals surface area contributed by atoms with Crippen LogP contribution in [-0.2, 0) is 4.79 Å². The van der Waals surface area contributed by atoms with Gasteiger partial charge in [0.15, 0.2) is 11.5 Å². The summed E-state index contributed by atoms with van der Waals surface area (Å²) < 4.78 is 5.51. The molecule has 0 atom stereocenters. The van der Waals surface area contributed by atoms with E-state index in [0.717, 1.165) is 11.1 Å². The third kappa shape index (κ3) is 4.80. The van der Waals surface area contributed by atoms with Crippen molar-refractivity contribution in [3.05, 3.63) is 29.3 Å². The predicted molar refractivity (Wildman–Crippen MR) is 114 cm³/mol. The quantitative estimate of drug-likeness (QED) is 0.458. The molecule has 0 saturated heterocycles. The summed E-state index contributed by atoms with van der Waals surface area (Å²) in [6.07, 6.45) is 3.26. The van der Waals surface area contributed by atoms with Crippen molar-refractivity contribution in [1.29, 1.82) is 0 Å². The largest absolute Gasteiger partial charge is 0.504 e. The van der Waals surface area contributed by atoms with Gasteiger partial charge in [-0.15, -0.1) is 0 Å². The van der Waals surface area contributed by atoms with Crippen molar-refractivity contribution in [2.24, 2.45) is 15.7 Å². The molecule has 0 aliphatic heterocycles. The van der Waals surface area contributed by atoms with E-state index >= 15 is 0 Å². The highest BCUT2D eigenvalue weighted by Crippen LogP contribution is 2.38. The van der Waals surface area contributed by atoms with Gasteiger partial charge in [0.1, 0.15) is 10.8 Å². The molecule has 0 aliphatic rings. The predicted octanol–water partition coefficient (Wildman–Crippen LogP) is 2.11. The number of rotatable bonds is 8. The van der Waals surface area contributed by atoms with Gasteiger partial charge in [0.25, 0.3) is 0 Å². The van der Waals surface area contributed by atoms with E-state index in [1.54, 1.807) is 44.7 Å². The molecule has 148 valence electrons. The zero-order valence-corrected chi connectivity index (χ0v) is 16.8. The molecule has 8 nitrogen and oxygen atoms in total. The van der Waals surface area contributed by atoms with Gasteiger partial charge in [-0.2, -0.15) is 0 Å². The van der Waals surface area contributed by atoms with Gasteiger partial charge in [0.05, 0.1) is 12.4 Å². The van der Waals surface area contributed by atoms with Crippen LogP contribution in [0.2, 0.25) is 0 Å². The van der Waals surface area contributed by atoms with Crippen LogP contribution >= 0.6 is 11.8 Å². The topological polar surface area (TPSA) is 136 Å². The van der Waals surface area contributed by atoms with Gasteiger partial charge in [-0.25, -0.2) is 4.98 Å². The maximum atomic E-state index is 11.2. The molecule has 1 aromatic carbocycles. The van der Waals surface area contributed by atoms with E-state index in [0.29, 0.717) is 28.5 Å². The molecule has 1 amide bonds. The third-order valence-corrected chi connectivity index (χ3v) is 4.70. The molecule has 0 spiro atoms. The first kappa shape index (κ1) is 21.2. The number of benzene rings is 1. The Balaban J connectivity index is 2.81. The third-order valence-electron chi connectivity index (χ3n) is 3.68. The summed E-state index contributed by atoms with van der Waals surface area (Å²) in [5, 5.41) is 10.6. The van der Waals surface area contributed by atoms with Gasteiger partial charge in [-0.3, -0.25) is 14.8 Å². The van der Waals surface area contributed by atoms with Gasteiger partial charge in [-0.1, -0.05) is 17.8 Å². The second-order valence-electron chi connectivity index (χ2n) is 5.65. The fraction of sp³-hybridized carbons (Fsp3) is 0.263. The minimum absolute atomic E-state index is 0.0346. The Labute approximate surface area is 167 Å². The molecular weight excluding hydrogens is 378 g/mol. The average molecular weight is 401 g/mol. The van der Waals surface area contributed by atoms with Gasteiger partial charge < -0.3 is 21.3 Å². The molecule has 0 fully saturated rings. The van der Waals surface area contributed by atoms with Crippen molar-refractivity contribution in [3.8, 4) is 22.6 Å². The van der Waals surface area contributed by atoms with Crippen molar-refractivity contribution < 1.29 is 14.6 Å². The van der Waals surface area contributed by atoms with Crippen LogP contribution in [0.4, 0.5) is 5.82 Å². The second-order valence-corrected chi connectivity index (χ2v) is 6.61. The number of ether oxygens (including phenoxy) is 1. The fourth-order valence-corrected chi connectivity index (χ4v) is 3.37. The number of hydrogen-bond donors (Lipinski definition) is 3. The van der Waals surface area contributed by atoms with E-state index in [9.17, 15) is 9.90 Å². The van der Waals surface area contributed by atoms with Crippen molar-refractivity contribution in [1.82, 2.24) is 4.98 Å². The summed E-state index contributed by atoms with van der Waals surface area (Å²) in [5.41, 5.74) is 14.2. The number of primary amides is 1. The number of nitrogens with two attached hydrogens (primary N) is 2. The highest BCUT2D eigenvalue weighted by Gasteiger charge is 2.20. The second kappa shape index (κ2) is 9.75. The van der Waals surface area contributed by atoms with Gasteiger partial charge in [0.2, 0.25) is 5.91 Å². The molecule has 2 aromatic rings. The van der Waals surface area contributed by atoms with E-state index in [1.165, 1.54) is 11.8 Å². The van der Waals surface area contributed by atoms with Crippen molar-refractivity contribution in [2.75, 3.05) is 32.2 Å². The number of nitrogens with zero attached hydrogens (tertiary/aromatic N) is 3. The molecule has 1 heterocycles. The summed E-state index contributed by atoms with van der Waals surface area (Å²) in [6.45, 7) is 2.24. The molecule has 0 saturated carbocycles. The van der Waals surface area contributed by atoms with Crippen LogP contribution in [0.1, 0.15) is 18.1 Å². The minimum atomic E-state index is -0.464. The van der Waals surface area contributed by atoms with E-state index in [2.05, 4.69) is 15.0 Å². The number of anilines is 1. The average Bonchev–Trinajstić information content (AvgIpc) is 2.65. The summed E-state index contributed by atoms with van der Waals surface area (Å²) in [4.78, 5) is 23.9. The fourth-order valence-electron chi connectivity index (χ4n) is 2.62. The number of phenols is 1. The highest BCUT2D eigenvalue weighted by atomic mass is 32.2. The summed E-state index contributed by atoms with van der Waals surface area (Å²) in [6, 6.07) is 5.01. The minimum Gasteiger partial charge on any atom is -0.504 e. The van der Waals surface area contributed by atoms with Crippen molar-refractivity contribution >= 4 is 35.9 Å². The molecule has 5 N–H and O–H groups in total. The molecule has 0 radical (unpaired) electrons. The van der Waals surface area contributed by atoms with E-state index in [-0.39, 0.29) is 17.3 Å². The molecule has 28 heavy (non-hydrogen) atoms. The summed E-state index contributed by atoms with van der Waals surface area (Å²) in [5.74, 6) is 0.228. The number of carbonyl (C=O) groups excluding carboxylic acids is 1. The number of hydrogen-bond acceptors (Lipinski definition) is 8. The Kier molecular flexibility index (Phi) is 7.39. The maximum Gasteiger partial charge on any atom is 0.227 e. The SMILES string of the molecule is CCOc1cc(-c2c(C=NC)c(N)nc(SCC(N)=O)c2C=NC)ccc1O. The zero-order chi connectivity index (χ0) is 20.7. The highest BCUT2D eigenvalue weighted by molar-refractivity contribution is 8.00. The Morgan fingerprint density at radius 2 is 1.96 bits per heavy atom. The molecule has 0 unspecified atom stereocenters. The number of aromatic hydroxyl groups is 1. The summed E-state index contributed by atoms with van der Waals surface area (Å²) in [7, 11) is 3.27. The monoisotopic (exact) mass is 401 g/mol. The molecule has 1 aromatic heterocycles. The molecule has 2 rings (SSSR count). The van der Waals surface area contributed by atoms with Crippen LogP contribution < -0.4 is 16.2 Å². The Morgan fingerprint density at radius 1 is 1.29 bits per heavy atom. The van der Waals surface area contributed by atoms with Gasteiger partial charge in [0, 0.05) is 43.2 Å². The number of pyridine rings is 1. The standard InChI is InChI=1S/C19H23N5O3S/c1-4-27-15-7-11(5-6-14(15)25)17-12(8-22-2)18(21)24-19(13(17)9-23-3)28-10-16(20)26/h5-9,25H,4,10H2,1-3H3,(H2,20,26)(H2,21,24). The van der Waals surface area contributed by atoms with E-state index in [1.807, 2.05) is 6.92 Å². The number of nitrogen functional groups attached to an aromatic ring is 1. The van der Waals surface area contributed by atoms with Crippen LogP contribution in [0.15, 0.2) is 33.2 Å². The zero-order valence-electron chi connectivity index (χ0n) is 16.0. The van der Waals surface area contributed by atoms with Crippen LogP contribution in [0, 0.1) is 0 Å². The molecule has 0 aliphatic carbocycles. The van der Waals surface area contributed by atoms with Crippen molar-refractivity contribution in [2.45, 2.75) is 11.9 Å². The first-order valence-corrected chi connectivity index (χ1v) is 9.46. The van der Waals surface area contributed by atoms with E-state index in [4.69, 9.17) is 16.2 Å². The lowest BCUT2D eigenvalue weighted by molar-refractivity contribution is -0.115. The van der Waals surface area contributed by atoms with Gasteiger partial charge in [-0.05, 0) is 24.6 Å². The number of aromatic nitrogens is 1. The lowest BCUT2D eigenvalue weighted by Gasteiger charge is -2.17. The first-order chi connectivity index (χ1) is 13.4.